The lowest BCUT2D eigenvalue weighted by Gasteiger charge is -2.08. The van der Waals surface area contributed by atoms with Gasteiger partial charge in [0.1, 0.15) is 23.3 Å². The summed E-state index contributed by atoms with van der Waals surface area (Å²) in [6.45, 7) is 0. The van der Waals surface area contributed by atoms with Crippen molar-refractivity contribution in [3.05, 3.63) is 164 Å². The first-order valence-corrected chi connectivity index (χ1v) is 16.4. The van der Waals surface area contributed by atoms with Crippen molar-refractivity contribution in [1.82, 2.24) is 0 Å². The van der Waals surface area contributed by atoms with Crippen LogP contribution in [0.1, 0.15) is 20.9 Å². The number of hydrogen-bond acceptors (Lipinski definition) is 2. The summed E-state index contributed by atoms with van der Waals surface area (Å²) in [5, 5.41) is 5.97. The highest BCUT2D eigenvalue weighted by Gasteiger charge is 2.30. The van der Waals surface area contributed by atoms with Crippen LogP contribution in [-0.2, 0) is 0 Å². The molecule has 0 atom stereocenters. The summed E-state index contributed by atoms with van der Waals surface area (Å²) in [4.78, 5) is 1.97. The quantitative estimate of drug-likeness (QED) is 0.165. The molecule has 0 amide bonds. The zero-order chi connectivity index (χ0) is 30.8. The maximum Gasteiger partial charge on any atom is 0.126 e. The summed E-state index contributed by atoms with van der Waals surface area (Å²) in [7, 11) is 0. The molecule has 218 valence electrons. The molecule has 0 unspecified atom stereocenters. The fourth-order valence-electron chi connectivity index (χ4n) is 7.37. The summed E-state index contributed by atoms with van der Waals surface area (Å²) in [6.07, 6.45) is 0. The number of thiophene rings is 2. The number of halogens is 4. The van der Waals surface area contributed by atoms with Gasteiger partial charge < -0.3 is 0 Å². The first kappa shape index (κ1) is 26.2. The molecule has 2 aromatic heterocycles. The lowest BCUT2D eigenvalue weighted by molar-refractivity contribution is 0.582. The van der Waals surface area contributed by atoms with Gasteiger partial charge in [0.15, 0.2) is 0 Å². The third kappa shape index (κ3) is 3.60. The molecule has 0 bridgehead atoms. The predicted molar refractivity (Wildman–Crippen MR) is 181 cm³/mol. The van der Waals surface area contributed by atoms with E-state index >= 15 is 0 Å². The SMILES string of the molecule is Fc1cc(F)cc(C2=c3cc4cc5c(cc4cc3-c3c2sc2ccccc32)=C(c2cc(F)cc(F)c2)c2sc3ccccc3c2-5)c1. The van der Waals surface area contributed by atoms with E-state index in [1.165, 1.54) is 24.3 Å². The summed E-state index contributed by atoms with van der Waals surface area (Å²) in [6, 6.07) is 32.3. The van der Waals surface area contributed by atoms with Gasteiger partial charge in [-0.25, -0.2) is 17.6 Å². The molecule has 0 N–H and O–H groups in total. The Kier molecular flexibility index (Phi) is 5.27. The normalized spacial score (nSPS) is 13.1. The highest BCUT2D eigenvalue weighted by Crippen LogP contribution is 2.49. The molecule has 0 nitrogen and oxygen atoms in total. The number of fused-ring (bicyclic) bond motifs is 11. The minimum absolute atomic E-state index is 0.499. The van der Waals surface area contributed by atoms with Crippen molar-refractivity contribution in [2.45, 2.75) is 0 Å². The van der Waals surface area contributed by atoms with Gasteiger partial charge in [0.05, 0.1) is 0 Å². The van der Waals surface area contributed by atoms with E-state index < -0.39 is 23.3 Å². The number of hydrogen-bond donors (Lipinski definition) is 0. The van der Waals surface area contributed by atoms with E-state index in [0.29, 0.717) is 11.1 Å². The molecule has 2 heterocycles. The second-order valence-corrected chi connectivity index (χ2v) is 13.9. The molecule has 2 aliphatic rings. The maximum absolute atomic E-state index is 14.6. The summed E-state index contributed by atoms with van der Waals surface area (Å²) >= 11 is 3.25. The minimum atomic E-state index is -0.620. The van der Waals surface area contributed by atoms with E-state index in [1.807, 2.05) is 24.3 Å². The Morgan fingerprint density at radius 3 is 1.22 bits per heavy atom. The molecule has 0 aliphatic heterocycles. The first-order valence-electron chi connectivity index (χ1n) is 14.8. The average molecular weight is 639 g/mol. The van der Waals surface area contributed by atoms with Crippen LogP contribution in [0.25, 0.3) is 64.3 Å². The van der Waals surface area contributed by atoms with Crippen LogP contribution in [0, 0.1) is 23.3 Å². The van der Waals surface area contributed by atoms with Crippen LogP contribution in [0.2, 0.25) is 0 Å². The Hall–Kier alpha value is -5.04. The Bertz CT molecular complexity index is 2570. The van der Waals surface area contributed by atoms with Crippen molar-refractivity contribution in [2.75, 3.05) is 0 Å². The fourth-order valence-corrected chi connectivity index (χ4v) is 9.97. The average Bonchev–Trinajstić information content (AvgIpc) is 3.74. The van der Waals surface area contributed by atoms with Crippen molar-refractivity contribution in [1.29, 1.82) is 0 Å². The van der Waals surface area contributed by atoms with E-state index in [2.05, 4.69) is 48.5 Å². The zero-order valence-electron chi connectivity index (χ0n) is 23.7. The van der Waals surface area contributed by atoms with Crippen LogP contribution in [-0.4, -0.2) is 0 Å². The van der Waals surface area contributed by atoms with E-state index in [-0.39, 0.29) is 0 Å². The van der Waals surface area contributed by atoms with Crippen molar-refractivity contribution >= 4 is 64.8 Å². The third-order valence-electron chi connectivity index (χ3n) is 9.14. The molecule has 0 radical (unpaired) electrons. The van der Waals surface area contributed by atoms with Gasteiger partial charge in [0.25, 0.3) is 0 Å². The smallest absolute Gasteiger partial charge is 0.126 e. The maximum atomic E-state index is 14.6. The highest BCUT2D eigenvalue weighted by molar-refractivity contribution is 7.21. The molecule has 8 aromatic rings. The van der Waals surface area contributed by atoms with Crippen LogP contribution in [0.3, 0.4) is 0 Å². The first-order chi connectivity index (χ1) is 22.4. The third-order valence-corrected chi connectivity index (χ3v) is 11.5. The van der Waals surface area contributed by atoms with Crippen LogP contribution in [0.4, 0.5) is 17.6 Å². The monoisotopic (exact) mass is 638 g/mol. The standard InChI is InChI=1S/C40H18F4S2/c41-23-9-21(10-24(42)17-23)35-29-13-20-16-32-30(14-19(20)15-31(29)37-27-5-1-3-7-33(27)45-39(35)37)36(22-11-25(43)18-26(44)12-22)40-38(32)28-6-2-4-8-34(28)46-40/h1-18H. The molecule has 6 aromatic carbocycles. The Morgan fingerprint density at radius 2 is 0.804 bits per heavy atom. The lowest BCUT2D eigenvalue weighted by atomic mass is 9.96. The van der Waals surface area contributed by atoms with E-state index in [1.54, 1.807) is 22.7 Å². The lowest BCUT2D eigenvalue weighted by Crippen LogP contribution is -2.10. The minimum Gasteiger partial charge on any atom is -0.207 e. The predicted octanol–water partition coefficient (Wildman–Crippen LogP) is 10.3. The number of rotatable bonds is 2. The Morgan fingerprint density at radius 1 is 0.413 bits per heavy atom. The molecule has 0 saturated heterocycles. The fraction of sp³-hybridized carbons (Fsp3) is 0. The highest BCUT2D eigenvalue weighted by atomic mass is 32.1. The van der Waals surface area contributed by atoms with E-state index in [9.17, 15) is 17.6 Å². The molecular formula is C40H18F4S2. The van der Waals surface area contributed by atoms with Crippen LogP contribution >= 0.6 is 22.7 Å². The van der Waals surface area contributed by atoms with E-state index in [0.717, 1.165) is 96.7 Å². The van der Waals surface area contributed by atoms with Gasteiger partial charge in [0.2, 0.25) is 0 Å². The van der Waals surface area contributed by atoms with Gasteiger partial charge in [-0.1, -0.05) is 36.4 Å². The molecule has 6 heteroatoms. The molecule has 10 rings (SSSR count). The Labute approximate surface area is 267 Å². The van der Waals surface area contributed by atoms with Crippen molar-refractivity contribution in [3.8, 4) is 22.3 Å². The molecule has 0 spiro atoms. The molecule has 0 fully saturated rings. The number of benzene rings is 6. The van der Waals surface area contributed by atoms with Crippen LogP contribution < -0.4 is 10.4 Å². The van der Waals surface area contributed by atoms with Crippen LogP contribution in [0.15, 0.2) is 109 Å². The van der Waals surface area contributed by atoms with E-state index in [4.69, 9.17) is 0 Å². The van der Waals surface area contributed by atoms with Crippen molar-refractivity contribution in [3.63, 3.8) is 0 Å². The Balaban J connectivity index is 1.35. The van der Waals surface area contributed by atoms with Gasteiger partial charge in [-0.15, -0.1) is 22.7 Å². The molecular weight excluding hydrogens is 621 g/mol. The van der Waals surface area contributed by atoms with Gasteiger partial charge in [-0.05, 0) is 104 Å². The van der Waals surface area contributed by atoms with Gasteiger partial charge in [0, 0.05) is 64.3 Å². The molecule has 2 aliphatic carbocycles. The van der Waals surface area contributed by atoms with Gasteiger partial charge in [-0.3, -0.25) is 0 Å². The summed E-state index contributed by atoms with van der Waals surface area (Å²) in [5.74, 6) is -2.48. The van der Waals surface area contributed by atoms with Crippen molar-refractivity contribution in [2.24, 2.45) is 0 Å². The summed E-state index contributed by atoms with van der Waals surface area (Å²) in [5.41, 5.74) is 6.73. The zero-order valence-corrected chi connectivity index (χ0v) is 25.4. The van der Waals surface area contributed by atoms with Crippen molar-refractivity contribution < 1.29 is 17.6 Å². The summed E-state index contributed by atoms with van der Waals surface area (Å²) < 4.78 is 60.6. The molecule has 46 heavy (non-hydrogen) atoms. The molecule has 0 saturated carbocycles. The topological polar surface area (TPSA) is 0 Å². The largest absolute Gasteiger partial charge is 0.207 e. The second-order valence-electron chi connectivity index (χ2n) is 11.8. The van der Waals surface area contributed by atoms with Crippen LogP contribution in [0.5, 0.6) is 0 Å². The second kappa shape index (κ2) is 9.25. The van der Waals surface area contributed by atoms with Gasteiger partial charge in [-0.2, -0.15) is 0 Å². The van der Waals surface area contributed by atoms with Gasteiger partial charge >= 0.3 is 0 Å².